The van der Waals surface area contributed by atoms with Gasteiger partial charge in [0.25, 0.3) is 11.8 Å². The molecule has 4 N–H and O–H groups in total. The summed E-state index contributed by atoms with van der Waals surface area (Å²) in [4.78, 5) is 45.4. The lowest BCUT2D eigenvalue weighted by atomic mass is 10.0. The predicted octanol–water partition coefficient (Wildman–Crippen LogP) is 2.99. The zero-order chi connectivity index (χ0) is 25.7. The first kappa shape index (κ1) is 26.3. The number of nitrogens with zero attached hydrogens (tertiary/aromatic N) is 2. The molecule has 1 aliphatic heterocycles. The zero-order valence-corrected chi connectivity index (χ0v) is 20.8. The second kappa shape index (κ2) is 11.4. The topological polar surface area (TPSA) is 112 Å². The van der Waals surface area contributed by atoms with Crippen LogP contribution in [0.3, 0.4) is 0 Å². The number of amides is 3. The van der Waals surface area contributed by atoms with Crippen molar-refractivity contribution in [2.75, 3.05) is 37.6 Å². The number of rotatable bonds is 10. The summed E-state index contributed by atoms with van der Waals surface area (Å²) in [5, 5.41) is 2.96. The molecular formula is C26H34FN5O3. The lowest BCUT2D eigenvalue weighted by Crippen LogP contribution is -2.35. The van der Waals surface area contributed by atoms with Gasteiger partial charge in [-0.1, -0.05) is 13.8 Å². The van der Waals surface area contributed by atoms with Crippen molar-refractivity contribution in [3.63, 3.8) is 0 Å². The normalized spacial score (nSPS) is 14.2. The van der Waals surface area contributed by atoms with Crippen molar-refractivity contribution in [1.29, 1.82) is 0 Å². The number of carbonyl (C=O) groups is 3. The number of anilines is 1. The van der Waals surface area contributed by atoms with E-state index in [-0.39, 0.29) is 23.8 Å². The highest BCUT2D eigenvalue weighted by Gasteiger charge is 2.37. The van der Waals surface area contributed by atoms with Crippen LogP contribution in [-0.2, 0) is 9.59 Å². The van der Waals surface area contributed by atoms with Gasteiger partial charge in [0.15, 0.2) is 0 Å². The molecule has 8 nitrogen and oxygen atoms in total. The van der Waals surface area contributed by atoms with Gasteiger partial charge in [-0.05, 0) is 69.7 Å². The third-order valence-corrected chi connectivity index (χ3v) is 6.37. The van der Waals surface area contributed by atoms with Crippen molar-refractivity contribution < 1.29 is 18.8 Å². The highest BCUT2D eigenvalue weighted by Crippen LogP contribution is 2.39. The van der Waals surface area contributed by atoms with E-state index in [1.54, 1.807) is 19.9 Å². The Hall–Kier alpha value is -3.30. The van der Waals surface area contributed by atoms with Gasteiger partial charge in [0.1, 0.15) is 5.82 Å². The molecule has 0 atom stereocenters. The van der Waals surface area contributed by atoms with Crippen molar-refractivity contribution in [2.45, 2.75) is 40.5 Å². The summed E-state index contributed by atoms with van der Waals surface area (Å²) in [5.41, 5.74) is 8.81. The largest absolute Gasteiger partial charge is 0.358 e. The molecule has 1 aliphatic rings. The van der Waals surface area contributed by atoms with E-state index >= 15 is 0 Å². The number of hydrogen-bond acceptors (Lipinski definition) is 5. The van der Waals surface area contributed by atoms with Gasteiger partial charge in [-0.3, -0.25) is 14.4 Å². The average Bonchev–Trinajstić information content (AvgIpc) is 3.26. The van der Waals surface area contributed by atoms with Crippen molar-refractivity contribution in [3.05, 3.63) is 52.1 Å². The fraction of sp³-hybridized carbons (Fsp3) is 0.423. The molecule has 9 heteroatoms. The molecule has 1 aromatic carbocycles. The van der Waals surface area contributed by atoms with Crippen LogP contribution in [0, 0.1) is 19.7 Å². The van der Waals surface area contributed by atoms with E-state index in [4.69, 9.17) is 5.73 Å². The van der Waals surface area contributed by atoms with Crippen LogP contribution in [0.4, 0.5) is 10.1 Å². The first-order chi connectivity index (χ1) is 16.7. The SMILES string of the molecule is CCN(CC)CCNC(=O)c1c(C)[nH]c(/C=C2\C(=O)N(C(=O)CCCN)c3ccc(F)cc32)c1C. The smallest absolute Gasteiger partial charge is 0.265 e. The van der Waals surface area contributed by atoms with Crippen LogP contribution in [0.1, 0.15) is 59.6 Å². The third kappa shape index (κ3) is 5.52. The van der Waals surface area contributed by atoms with Crippen molar-refractivity contribution in [2.24, 2.45) is 5.73 Å². The maximum Gasteiger partial charge on any atom is 0.265 e. The second-order valence-electron chi connectivity index (χ2n) is 8.59. The number of likely N-dealkylation sites (N-methyl/N-ethyl adjacent to an activating group) is 1. The fourth-order valence-electron chi connectivity index (χ4n) is 4.38. The molecule has 0 aliphatic carbocycles. The number of fused-ring (bicyclic) bond motifs is 1. The first-order valence-corrected chi connectivity index (χ1v) is 12.0. The number of aryl methyl sites for hydroxylation is 1. The lowest BCUT2D eigenvalue weighted by Gasteiger charge is -2.18. The van der Waals surface area contributed by atoms with Crippen molar-refractivity contribution in [1.82, 2.24) is 15.2 Å². The van der Waals surface area contributed by atoms with E-state index in [1.807, 2.05) is 0 Å². The summed E-state index contributed by atoms with van der Waals surface area (Å²) in [5.74, 6) is -1.61. The summed E-state index contributed by atoms with van der Waals surface area (Å²) >= 11 is 0. The summed E-state index contributed by atoms with van der Waals surface area (Å²) in [7, 11) is 0. The summed E-state index contributed by atoms with van der Waals surface area (Å²) in [6, 6.07) is 3.91. The van der Waals surface area contributed by atoms with E-state index in [0.717, 1.165) is 24.5 Å². The molecule has 0 bridgehead atoms. The molecule has 0 spiro atoms. The number of benzene rings is 1. The Morgan fingerprint density at radius 3 is 2.60 bits per heavy atom. The molecule has 3 rings (SSSR count). The molecule has 3 amide bonds. The molecule has 1 aromatic heterocycles. The zero-order valence-electron chi connectivity index (χ0n) is 20.8. The van der Waals surface area contributed by atoms with Gasteiger partial charge in [-0.2, -0.15) is 0 Å². The number of carbonyl (C=O) groups excluding carboxylic acids is 3. The van der Waals surface area contributed by atoms with Gasteiger partial charge >= 0.3 is 0 Å². The maximum atomic E-state index is 14.1. The molecule has 0 saturated heterocycles. The number of nitrogens with one attached hydrogen (secondary N) is 2. The number of imide groups is 1. The van der Waals surface area contributed by atoms with Gasteiger partial charge < -0.3 is 20.9 Å². The standard InChI is InChI=1S/C26H34FN5O3/c1-5-31(6-2)13-12-29-25(34)24-16(3)21(30-17(24)4)15-20-19-14-18(27)9-10-22(19)32(26(20)35)23(33)8-7-11-28/h9-10,14-15,30H,5-8,11-13,28H2,1-4H3,(H,29,34)/b20-15-. The summed E-state index contributed by atoms with van der Waals surface area (Å²) in [6.07, 6.45) is 2.15. The van der Waals surface area contributed by atoms with Crippen LogP contribution in [0.2, 0.25) is 0 Å². The molecule has 35 heavy (non-hydrogen) atoms. The molecule has 0 unspecified atom stereocenters. The Balaban J connectivity index is 1.92. The quantitative estimate of drug-likeness (QED) is 0.450. The van der Waals surface area contributed by atoms with Gasteiger partial charge in [-0.25, -0.2) is 9.29 Å². The Bertz CT molecular complexity index is 1150. The fourth-order valence-corrected chi connectivity index (χ4v) is 4.38. The number of nitrogens with two attached hydrogens (primary N) is 1. The first-order valence-electron chi connectivity index (χ1n) is 12.0. The molecule has 2 heterocycles. The monoisotopic (exact) mass is 483 g/mol. The van der Waals surface area contributed by atoms with E-state index < -0.39 is 11.7 Å². The number of H-pyrrole nitrogens is 1. The third-order valence-electron chi connectivity index (χ3n) is 6.37. The molecule has 2 aromatic rings. The number of hydrogen-bond donors (Lipinski definition) is 3. The predicted molar refractivity (Wildman–Crippen MR) is 135 cm³/mol. The molecule has 0 fully saturated rings. The Morgan fingerprint density at radius 1 is 1.23 bits per heavy atom. The van der Waals surface area contributed by atoms with E-state index in [1.165, 1.54) is 18.2 Å². The van der Waals surface area contributed by atoms with Crippen LogP contribution in [-0.4, -0.2) is 60.3 Å². The van der Waals surface area contributed by atoms with Crippen LogP contribution < -0.4 is 16.0 Å². The highest BCUT2D eigenvalue weighted by atomic mass is 19.1. The Morgan fingerprint density at radius 2 is 1.94 bits per heavy atom. The van der Waals surface area contributed by atoms with E-state index in [9.17, 15) is 18.8 Å². The van der Waals surface area contributed by atoms with E-state index in [0.29, 0.717) is 53.3 Å². The van der Waals surface area contributed by atoms with Crippen LogP contribution >= 0.6 is 0 Å². The average molecular weight is 484 g/mol. The summed E-state index contributed by atoms with van der Waals surface area (Å²) < 4.78 is 14.1. The minimum atomic E-state index is -0.524. The van der Waals surface area contributed by atoms with Gasteiger partial charge in [0, 0.05) is 36.5 Å². The second-order valence-corrected chi connectivity index (χ2v) is 8.59. The summed E-state index contributed by atoms with van der Waals surface area (Å²) in [6.45, 7) is 11.2. The maximum absolute atomic E-state index is 14.1. The lowest BCUT2D eigenvalue weighted by molar-refractivity contribution is -0.123. The number of aromatic nitrogens is 1. The van der Waals surface area contributed by atoms with Crippen LogP contribution in [0.15, 0.2) is 18.2 Å². The number of aromatic amines is 1. The Kier molecular flexibility index (Phi) is 8.58. The molecule has 188 valence electrons. The highest BCUT2D eigenvalue weighted by molar-refractivity contribution is 6.42. The van der Waals surface area contributed by atoms with E-state index in [2.05, 4.69) is 29.0 Å². The van der Waals surface area contributed by atoms with Crippen LogP contribution in [0.25, 0.3) is 11.6 Å². The number of halogens is 1. The van der Waals surface area contributed by atoms with Crippen molar-refractivity contribution in [3.8, 4) is 0 Å². The van der Waals surface area contributed by atoms with Gasteiger partial charge in [-0.15, -0.1) is 0 Å². The molecule has 0 radical (unpaired) electrons. The van der Waals surface area contributed by atoms with Gasteiger partial charge in [0.2, 0.25) is 5.91 Å². The molecular weight excluding hydrogens is 449 g/mol. The minimum absolute atomic E-state index is 0.116. The van der Waals surface area contributed by atoms with Crippen LogP contribution in [0.5, 0.6) is 0 Å². The Labute approximate surface area is 205 Å². The van der Waals surface area contributed by atoms with Gasteiger partial charge in [0.05, 0.1) is 16.8 Å². The minimum Gasteiger partial charge on any atom is -0.358 e. The van der Waals surface area contributed by atoms with Crippen molar-refractivity contribution >= 4 is 35.1 Å². The molecule has 0 saturated carbocycles.